The first-order valence-electron chi connectivity index (χ1n) is 8.85. The van der Waals surface area contributed by atoms with E-state index in [1.54, 1.807) is 0 Å². The lowest BCUT2D eigenvalue weighted by molar-refractivity contribution is -0.113. The SMILES string of the molecule is CCc1cccc(C)c1NC(=O)CSc1nc2c(C)cccc2cc1C#N. The maximum absolute atomic E-state index is 12.5. The Hall–Kier alpha value is -2.84. The topological polar surface area (TPSA) is 65.8 Å². The number of fused-ring (bicyclic) bond motifs is 1. The number of pyridine rings is 1. The van der Waals surface area contributed by atoms with Crippen LogP contribution in [0.3, 0.4) is 0 Å². The molecule has 1 heterocycles. The second-order valence-electron chi connectivity index (χ2n) is 6.40. The molecule has 1 N–H and O–H groups in total. The third-order valence-electron chi connectivity index (χ3n) is 4.48. The van der Waals surface area contributed by atoms with Crippen LogP contribution in [0, 0.1) is 25.2 Å². The van der Waals surface area contributed by atoms with E-state index >= 15 is 0 Å². The summed E-state index contributed by atoms with van der Waals surface area (Å²) in [7, 11) is 0. The van der Waals surface area contributed by atoms with Crippen molar-refractivity contribution in [3.8, 4) is 6.07 Å². The van der Waals surface area contributed by atoms with E-state index < -0.39 is 0 Å². The molecular weight excluding hydrogens is 354 g/mol. The number of aromatic nitrogens is 1. The van der Waals surface area contributed by atoms with Crippen LogP contribution in [-0.4, -0.2) is 16.6 Å². The van der Waals surface area contributed by atoms with Gasteiger partial charge in [-0.3, -0.25) is 4.79 Å². The Morgan fingerprint density at radius 3 is 2.67 bits per heavy atom. The fourth-order valence-corrected chi connectivity index (χ4v) is 3.79. The predicted molar refractivity (Wildman–Crippen MR) is 111 cm³/mol. The predicted octanol–water partition coefficient (Wildman–Crippen LogP) is 5.02. The van der Waals surface area contributed by atoms with Crippen molar-refractivity contribution in [2.45, 2.75) is 32.2 Å². The van der Waals surface area contributed by atoms with E-state index in [1.165, 1.54) is 11.8 Å². The Labute approximate surface area is 163 Å². The molecule has 0 aliphatic carbocycles. The fraction of sp³-hybridized carbons (Fsp3) is 0.227. The van der Waals surface area contributed by atoms with E-state index in [2.05, 4.69) is 23.3 Å². The number of thioether (sulfide) groups is 1. The van der Waals surface area contributed by atoms with Crippen LogP contribution in [0.1, 0.15) is 29.2 Å². The van der Waals surface area contributed by atoms with Gasteiger partial charge in [0.05, 0.1) is 16.8 Å². The lowest BCUT2D eigenvalue weighted by Gasteiger charge is -2.13. The molecule has 0 aliphatic heterocycles. The minimum absolute atomic E-state index is 0.0976. The minimum Gasteiger partial charge on any atom is -0.325 e. The van der Waals surface area contributed by atoms with Crippen LogP contribution in [0.4, 0.5) is 5.69 Å². The Bertz CT molecular complexity index is 1050. The van der Waals surface area contributed by atoms with Crippen LogP contribution < -0.4 is 5.32 Å². The zero-order valence-corrected chi connectivity index (χ0v) is 16.5. The number of aryl methyl sites for hydroxylation is 3. The molecule has 0 fully saturated rings. The Balaban J connectivity index is 1.80. The van der Waals surface area contributed by atoms with Crippen molar-refractivity contribution in [3.05, 3.63) is 64.7 Å². The summed E-state index contributed by atoms with van der Waals surface area (Å²) >= 11 is 1.30. The molecule has 0 unspecified atom stereocenters. The largest absolute Gasteiger partial charge is 0.325 e. The second-order valence-corrected chi connectivity index (χ2v) is 7.36. The monoisotopic (exact) mass is 375 g/mol. The molecular formula is C22H21N3OS. The van der Waals surface area contributed by atoms with Gasteiger partial charge in [0.15, 0.2) is 0 Å². The molecule has 0 bridgehead atoms. The first kappa shape index (κ1) is 18.9. The number of benzene rings is 2. The summed E-state index contributed by atoms with van der Waals surface area (Å²) in [4.78, 5) is 17.1. The molecule has 1 amide bonds. The van der Waals surface area contributed by atoms with E-state index in [4.69, 9.17) is 0 Å². The molecule has 136 valence electrons. The zero-order valence-electron chi connectivity index (χ0n) is 15.7. The van der Waals surface area contributed by atoms with Crippen molar-refractivity contribution >= 4 is 34.3 Å². The van der Waals surface area contributed by atoms with E-state index in [9.17, 15) is 10.1 Å². The number of nitriles is 1. The number of rotatable bonds is 5. The average Bonchev–Trinajstić information content (AvgIpc) is 2.67. The third-order valence-corrected chi connectivity index (χ3v) is 5.47. The summed E-state index contributed by atoms with van der Waals surface area (Å²) < 4.78 is 0. The van der Waals surface area contributed by atoms with Gasteiger partial charge in [0.25, 0.3) is 0 Å². The Morgan fingerprint density at radius 1 is 1.19 bits per heavy atom. The van der Waals surface area contributed by atoms with E-state index in [-0.39, 0.29) is 11.7 Å². The first-order chi connectivity index (χ1) is 13.0. The third kappa shape index (κ3) is 4.12. The lowest BCUT2D eigenvalue weighted by atomic mass is 10.1. The van der Waals surface area contributed by atoms with Crippen LogP contribution in [0.25, 0.3) is 10.9 Å². The van der Waals surface area contributed by atoms with Gasteiger partial charge in [-0.2, -0.15) is 5.26 Å². The number of amides is 1. The second kappa shape index (κ2) is 8.24. The summed E-state index contributed by atoms with van der Waals surface area (Å²) in [5.41, 5.74) is 5.46. The molecule has 0 atom stereocenters. The highest BCUT2D eigenvalue weighted by molar-refractivity contribution is 8.00. The highest BCUT2D eigenvalue weighted by Crippen LogP contribution is 2.27. The van der Waals surface area contributed by atoms with E-state index in [0.29, 0.717) is 10.6 Å². The molecule has 3 aromatic rings. The van der Waals surface area contributed by atoms with Crippen LogP contribution in [0.5, 0.6) is 0 Å². The van der Waals surface area contributed by atoms with Crippen molar-refractivity contribution in [2.24, 2.45) is 0 Å². The average molecular weight is 375 g/mol. The van der Waals surface area contributed by atoms with Crippen molar-refractivity contribution < 1.29 is 4.79 Å². The van der Waals surface area contributed by atoms with Crippen LogP contribution in [0.2, 0.25) is 0 Å². The molecule has 1 aromatic heterocycles. The van der Waals surface area contributed by atoms with Crippen molar-refractivity contribution in [1.29, 1.82) is 5.26 Å². The minimum atomic E-state index is -0.0976. The van der Waals surface area contributed by atoms with Gasteiger partial charge in [-0.1, -0.05) is 55.1 Å². The quantitative estimate of drug-likeness (QED) is 0.636. The van der Waals surface area contributed by atoms with Crippen LogP contribution in [-0.2, 0) is 11.2 Å². The highest BCUT2D eigenvalue weighted by Gasteiger charge is 2.13. The normalized spacial score (nSPS) is 10.6. The number of hydrogen-bond donors (Lipinski definition) is 1. The summed E-state index contributed by atoms with van der Waals surface area (Å²) in [5, 5.41) is 14.0. The van der Waals surface area contributed by atoms with Gasteiger partial charge in [-0.25, -0.2) is 4.98 Å². The van der Waals surface area contributed by atoms with Gasteiger partial charge in [0, 0.05) is 11.1 Å². The van der Waals surface area contributed by atoms with Gasteiger partial charge in [-0.15, -0.1) is 0 Å². The maximum atomic E-state index is 12.5. The molecule has 27 heavy (non-hydrogen) atoms. The smallest absolute Gasteiger partial charge is 0.234 e. The van der Waals surface area contributed by atoms with Crippen molar-refractivity contribution in [3.63, 3.8) is 0 Å². The van der Waals surface area contributed by atoms with Gasteiger partial charge in [0.1, 0.15) is 11.1 Å². The van der Waals surface area contributed by atoms with Crippen molar-refractivity contribution in [1.82, 2.24) is 4.98 Å². The molecule has 0 radical (unpaired) electrons. The van der Waals surface area contributed by atoms with Crippen molar-refractivity contribution in [2.75, 3.05) is 11.1 Å². The number of anilines is 1. The zero-order chi connectivity index (χ0) is 19.4. The number of hydrogen-bond acceptors (Lipinski definition) is 4. The first-order valence-corrected chi connectivity index (χ1v) is 9.83. The highest BCUT2D eigenvalue weighted by atomic mass is 32.2. The van der Waals surface area contributed by atoms with Crippen LogP contribution >= 0.6 is 11.8 Å². The Kier molecular flexibility index (Phi) is 5.78. The number of para-hydroxylation sites is 2. The molecule has 2 aromatic carbocycles. The summed E-state index contributed by atoms with van der Waals surface area (Å²) in [6, 6.07) is 15.9. The molecule has 4 nitrogen and oxygen atoms in total. The summed E-state index contributed by atoms with van der Waals surface area (Å²) in [6.07, 6.45) is 0.856. The van der Waals surface area contributed by atoms with Gasteiger partial charge < -0.3 is 5.32 Å². The Morgan fingerprint density at radius 2 is 1.93 bits per heavy atom. The molecule has 0 aliphatic rings. The number of carbonyl (C=O) groups is 1. The van der Waals surface area contributed by atoms with Gasteiger partial charge >= 0.3 is 0 Å². The number of nitrogens with one attached hydrogen (secondary N) is 1. The molecule has 5 heteroatoms. The van der Waals surface area contributed by atoms with Crippen LogP contribution in [0.15, 0.2) is 47.5 Å². The van der Waals surface area contributed by atoms with E-state index in [1.807, 2.05) is 56.3 Å². The summed E-state index contributed by atoms with van der Waals surface area (Å²) in [5.74, 6) is 0.107. The lowest BCUT2D eigenvalue weighted by Crippen LogP contribution is -2.16. The molecule has 0 saturated carbocycles. The summed E-state index contributed by atoms with van der Waals surface area (Å²) in [6.45, 7) is 6.05. The standard InChI is InChI=1S/C22H21N3OS/c1-4-16-9-5-7-14(2)20(16)24-19(26)13-27-22-18(12-23)11-17-10-6-8-15(3)21(17)25-22/h5-11H,4,13H2,1-3H3,(H,24,26). The van der Waals surface area contributed by atoms with Gasteiger partial charge in [-0.05, 0) is 43.0 Å². The van der Waals surface area contributed by atoms with Gasteiger partial charge in [0.2, 0.25) is 5.91 Å². The molecule has 0 spiro atoms. The molecule has 0 saturated heterocycles. The maximum Gasteiger partial charge on any atom is 0.234 e. The van der Waals surface area contributed by atoms with E-state index in [0.717, 1.165) is 39.7 Å². The number of carbonyl (C=O) groups excluding carboxylic acids is 1. The fourth-order valence-electron chi connectivity index (χ4n) is 3.03. The number of nitrogens with zero attached hydrogens (tertiary/aromatic N) is 2. The molecule has 3 rings (SSSR count).